The third kappa shape index (κ3) is 2.00. The zero-order valence-corrected chi connectivity index (χ0v) is 9.79. The summed E-state index contributed by atoms with van der Waals surface area (Å²) in [5, 5.41) is 12.9. The Labute approximate surface area is 99.4 Å². The zero-order valence-electron chi connectivity index (χ0n) is 9.03. The van der Waals surface area contributed by atoms with E-state index in [0.717, 1.165) is 5.69 Å². The van der Waals surface area contributed by atoms with E-state index in [2.05, 4.69) is 12.2 Å². The second-order valence-electron chi connectivity index (χ2n) is 4.54. The number of nitrogens with one attached hydrogen (secondary N) is 1. The van der Waals surface area contributed by atoms with Crippen molar-refractivity contribution in [2.45, 2.75) is 25.3 Å². The van der Waals surface area contributed by atoms with Crippen LogP contribution in [0.15, 0.2) is 24.3 Å². The van der Waals surface area contributed by atoms with Gasteiger partial charge in [-0.15, -0.1) is 0 Å². The number of hydrogen-bond acceptors (Lipinski definition) is 2. The summed E-state index contributed by atoms with van der Waals surface area (Å²) in [4.78, 5) is 11.2. The lowest BCUT2D eigenvalue weighted by Gasteiger charge is -2.44. The Morgan fingerprint density at radius 2 is 2.25 bits per heavy atom. The van der Waals surface area contributed by atoms with Crippen molar-refractivity contribution < 1.29 is 9.90 Å². The van der Waals surface area contributed by atoms with Crippen molar-refractivity contribution in [3.8, 4) is 0 Å². The molecule has 0 aromatic heterocycles. The molecule has 1 aliphatic rings. The average Bonchev–Trinajstić information content (AvgIpc) is 2.14. The monoisotopic (exact) mass is 239 g/mol. The van der Waals surface area contributed by atoms with Crippen LogP contribution in [0.5, 0.6) is 0 Å². The molecule has 0 unspecified atom stereocenters. The maximum absolute atomic E-state index is 11.2. The zero-order chi connectivity index (χ0) is 11.8. The van der Waals surface area contributed by atoms with Crippen molar-refractivity contribution in [1.82, 2.24) is 0 Å². The van der Waals surface area contributed by atoms with Crippen LogP contribution in [-0.2, 0) is 4.79 Å². The number of carboxylic acids is 1. The molecular formula is C12H14ClNO2. The highest BCUT2D eigenvalue weighted by Crippen LogP contribution is 2.40. The van der Waals surface area contributed by atoms with Crippen LogP contribution in [0.4, 0.5) is 5.69 Å². The van der Waals surface area contributed by atoms with Gasteiger partial charge in [0.2, 0.25) is 0 Å². The van der Waals surface area contributed by atoms with Crippen molar-refractivity contribution in [2.75, 3.05) is 5.32 Å². The van der Waals surface area contributed by atoms with E-state index in [4.69, 9.17) is 11.6 Å². The summed E-state index contributed by atoms with van der Waals surface area (Å²) in [6.07, 6.45) is 1.32. The van der Waals surface area contributed by atoms with E-state index in [1.165, 1.54) is 0 Å². The SMILES string of the molecule is CC1CC(Nc2cccc(Cl)c2)(C(=O)O)C1. The van der Waals surface area contributed by atoms with E-state index >= 15 is 0 Å². The second kappa shape index (κ2) is 3.98. The third-order valence-electron chi connectivity index (χ3n) is 3.01. The Hall–Kier alpha value is -1.22. The summed E-state index contributed by atoms with van der Waals surface area (Å²) >= 11 is 5.86. The first-order chi connectivity index (χ1) is 7.52. The first-order valence-electron chi connectivity index (χ1n) is 5.29. The van der Waals surface area contributed by atoms with E-state index in [1.807, 2.05) is 12.1 Å². The third-order valence-corrected chi connectivity index (χ3v) is 3.25. The number of benzene rings is 1. The Morgan fingerprint density at radius 3 is 2.75 bits per heavy atom. The predicted molar refractivity (Wildman–Crippen MR) is 63.8 cm³/mol. The van der Waals surface area contributed by atoms with E-state index < -0.39 is 11.5 Å². The van der Waals surface area contributed by atoms with Crippen molar-refractivity contribution in [1.29, 1.82) is 0 Å². The van der Waals surface area contributed by atoms with E-state index in [1.54, 1.807) is 12.1 Å². The highest BCUT2D eigenvalue weighted by atomic mass is 35.5. The van der Waals surface area contributed by atoms with Gasteiger partial charge in [-0.25, -0.2) is 4.79 Å². The molecule has 3 nitrogen and oxygen atoms in total. The van der Waals surface area contributed by atoms with Gasteiger partial charge in [-0.2, -0.15) is 0 Å². The van der Waals surface area contributed by atoms with Crippen molar-refractivity contribution in [3.05, 3.63) is 29.3 Å². The molecule has 0 aliphatic heterocycles. The summed E-state index contributed by atoms with van der Waals surface area (Å²) in [5.41, 5.74) is -0.0359. The van der Waals surface area contributed by atoms with Crippen LogP contribution in [0.2, 0.25) is 5.02 Å². The van der Waals surface area contributed by atoms with Crippen LogP contribution >= 0.6 is 11.6 Å². The smallest absolute Gasteiger partial charge is 0.329 e. The fourth-order valence-electron chi connectivity index (χ4n) is 2.30. The maximum atomic E-state index is 11.2. The lowest BCUT2D eigenvalue weighted by Crippen LogP contribution is -2.55. The first kappa shape index (κ1) is 11.3. The van der Waals surface area contributed by atoms with Crippen LogP contribution in [0.1, 0.15) is 19.8 Å². The predicted octanol–water partition coefficient (Wildman–Crippen LogP) is 3.01. The molecule has 1 aromatic rings. The van der Waals surface area contributed by atoms with Crippen molar-refractivity contribution >= 4 is 23.3 Å². The Balaban J connectivity index is 2.16. The molecule has 0 saturated heterocycles. The van der Waals surface area contributed by atoms with E-state index in [-0.39, 0.29) is 0 Å². The lowest BCUT2D eigenvalue weighted by atomic mass is 9.69. The number of carbonyl (C=O) groups is 1. The summed E-state index contributed by atoms with van der Waals surface area (Å²) in [6.45, 7) is 2.06. The molecule has 0 radical (unpaired) electrons. The number of hydrogen-bond donors (Lipinski definition) is 2. The van der Waals surface area contributed by atoms with Gasteiger partial charge in [0.05, 0.1) is 0 Å². The Morgan fingerprint density at radius 1 is 1.56 bits per heavy atom. The number of anilines is 1. The first-order valence-corrected chi connectivity index (χ1v) is 5.67. The fourth-order valence-corrected chi connectivity index (χ4v) is 2.49. The number of rotatable bonds is 3. The molecule has 0 bridgehead atoms. The van der Waals surface area contributed by atoms with Crippen LogP contribution in [0.25, 0.3) is 0 Å². The molecule has 1 aromatic carbocycles. The quantitative estimate of drug-likeness (QED) is 0.853. The van der Waals surface area contributed by atoms with Crippen molar-refractivity contribution in [3.63, 3.8) is 0 Å². The second-order valence-corrected chi connectivity index (χ2v) is 4.97. The molecule has 0 amide bonds. The van der Waals surface area contributed by atoms with Gasteiger partial charge in [0.15, 0.2) is 0 Å². The van der Waals surface area contributed by atoms with E-state index in [9.17, 15) is 9.90 Å². The van der Waals surface area contributed by atoms with Crippen LogP contribution in [0.3, 0.4) is 0 Å². The minimum Gasteiger partial charge on any atom is -0.480 e. The summed E-state index contributed by atoms with van der Waals surface area (Å²) < 4.78 is 0. The number of carboxylic acid groups (broad SMARTS) is 1. The molecule has 0 heterocycles. The van der Waals surface area contributed by atoms with Crippen molar-refractivity contribution in [2.24, 2.45) is 5.92 Å². The molecule has 16 heavy (non-hydrogen) atoms. The average molecular weight is 240 g/mol. The van der Waals surface area contributed by atoms with Crippen LogP contribution in [-0.4, -0.2) is 16.6 Å². The Bertz CT molecular complexity index is 413. The molecule has 0 spiro atoms. The van der Waals surface area contributed by atoms with Gasteiger partial charge < -0.3 is 10.4 Å². The number of halogens is 1. The molecule has 0 atom stereocenters. The highest BCUT2D eigenvalue weighted by molar-refractivity contribution is 6.30. The fraction of sp³-hybridized carbons (Fsp3) is 0.417. The van der Waals surface area contributed by atoms with E-state index in [0.29, 0.717) is 23.8 Å². The minimum absolute atomic E-state index is 0.461. The molecule has 86 valence electrons. The minimum atomic E-state index is -0.801. The van der Waals surface area contributed by atoms with Gasteiger partial charge in [-0.05, 0) is 37.0 Å². The van der Waals surface area contributed by atoms with Gasteiger partial charge in [0, 0.05) is 10.7 Å². The molecule has 2 rings (SSSR count). The molecule has 2 N–H and O–H groups in total. The van der Waals surface area contributed by atoms with Gasteiger partial charge in [-0.1, -0.05) is 24.6 Å². The molecule has 4 heteroatoms. The van der Waals surface area contributed by atoms with Gasteiger partial charge in [0.1, 0.15) is 5.54 Å². The van der Waals surface area contributed by atoms with Gasteiger partial charge in [-0.3, -0.25) is 0 Å². The topological polar surface area (TPSA) is 49.3 Å². The number of aliphatic carboxylic acids is 1. The summed E-state index contributed by atoms with van der Waals surface area (Å²) in [5.74, 6) is -0.326. The normalized spacial score (nSPS) is 28.2. The van der Waals surface area contributed by atoms with Crippen LogP contribution < -0.4 is 5.32 Å². The highest BCUT2D eigenvalue weighted by Gasteiger charge is 2.48. The molecule has 1 fully saturated rings. The summed E-state index contributed by atoms with van der Waals surface area (Å²) in [7, 11) is 0. The Kier molecular flexibility index (Phi) is 2.80. The molecule has 1 saturated carbocycles. The lowest BCUT2D eigenvalue weighted by molar-refractivity contribution is -0.147. The van der Waals surface area contributed by atoms with Crippen LogP contribution in [0, 0.1) is 5.92 Å². The standard InChI is InChI=1S/C12H14ClNO2/c1-8-6-12(7-8,11(15)16)14-10-4-2-3-9(13)5-10/h2-5,8,14H,6-7H2,1H3,(H,15,16). The largest absolute Gasteiger partial charge is 0.480 e. The molecule has 1 aliphatic carbocycles. The summed E-state index contributed by atoms with van der Waals surface area (Å²) in [6, 6.07) is 7.15. The van der Waals surface area contributed by atoms with Gasteiger partial charge in [0.25, 0.3) is 0 Å². The molecular weight excluding hydrogens is 226 g/mol. The van der Waals surface area contributed by atoms with Gasteiger partial charge >= 0.3 is 5.97 Å². The maximum Gasteiger partial charge on any atom is 0.329 e.